The van der Waals surface area contributed by atoms with Crippen LogP contribution in [0.1, 0.15) is 61.7 Å². The van der Waals surface area contributed by atoms with E-state index in [9.17, 15) is 14.4 Å². The predicted molar refractivity (Wildman–Crippen MR) is 142 cm³/mol. The molecule has 0 bridgehead atoms. The molecule has 200 valence electrons. The fourth-order valence-corrected chi connectivity index (χ4v) is 5.11. The normalized spacial score (nSPS) is 20.1. The Hall–Kier alpha value is -3.50. The van der Waals surface area contributed by atoms with Gasteiger partial charge in [-0.25, -0.2) is 9.97 Å². The van der Waals surface area contributed by atoms with E-state index < -0.39 is 5.91 Å². The number of pyridine rings is 2. The second kappa shape index (κ2) is 11.1. The number of ether oxygens (including phenoxy) is 1. The van der Waals surface area contributed by atoms with Gasteiger partial charge in [0.25, 0.3) is 5.91 Å². The quantitative estimate of drug-likeness (QED) is 0.468. The van der Waals surface area contributed by atoms with Gasteiger partial charge in [-0.05, 0) is 55.9 Å². The van der Waals surface area contributed by atoms with Crippen LogP contribution in [0.25, 0.3) is 11.1 Å². The number of furan rings is 1. The van der Waals surface area contributed by atoms with Crippen LogP contribution in [0.5, 0.6) is 0 Å². The number of morpholine rings is 1. The van der Waals surface area contributed by atoms with E-state index in [0.717, 1.165) is 18.5 Å². The number of rotatable bonds is 6. The fourth-order valence-electron chi connectivity index (χ4n) is 5.00. The zero-order valence-electron chi connectivity index (χ0n) is 21.3. The highest BCUT2D eigenvalue weighted by molar-refractivity contribution is 6.30. The van der Waals surface area contributed by atoms with Crippen molar-refractivity contribution in [2.45, 2.75) is 51.5 Å². The van der Waals surface area contributed by atoms with Crippen LogP contribution in [-0.4, -0.2) is 58.4 Å². The van der Waals surface area contributed by atoms with E-state index in [0.29, 0.717) is 47.9 Å². The van der Waals surface area contributed by atoms with Crippen LogP contribution in [0.4, 0.5) is 11.5 Å². The van der Waals surface area contributed by atoms with Crippen molar-refractivity contribution in [3.8, 4) is 0 Å². The third-order valence-electron chi connectivity index (χ3n) is 7.10. The smallest absolute Gasteiger partial charge is 0.294 e. The first-order valence-electron chi connectivity index (χ1n) is 12.8. The molecule has 1 saturated carbocycles. The van der Waals surface area contributed by atoms with Gasteiger partial charge in [-0.1, -0.05) is 25.4 Å². The number of fused-ring (bicyclic) bond motifs is 1. The summed E-state index contributed by atoms with van der Waals surface area (Å²) in [4.78, 5) is 49.5. The minimum atomic E-state index is -0.561. The molecule has 0 aromatic carbocycles. The third kappa shape index (κ3) is 5.51. The fraction of sp³-hybridized carbons (Fsp3) is 0.444. The van der Waals surface area contributed by atoms with Crippen LogP contribution in [0.2, 0.25) is 5.02 Å². The molecule has 4 heterocycles. The molecule has 2 N–H and O–H groups in total. The Kier molecular flexibility index (Phi) is 7.62. The monoisotopic (exact) mass is 539 g/mol. The Balaban J connectivity index is 1.36. The summed E-state index contributed by atoms with van der Waals surface area (Å²) in [6.07, 6.45) is 4.17. The molecule has 0 atom stereocenters. The minimum absolute atomic E-state index is 0.00637. The molecule has 3 amide bonds. The predicted octanol–water partition coefficient (Wildman–Crippen LogP) is 4.61. The molecule has 3 aromatic rings. The molecule has 0 radical (unpaired) electrons. The van der Waals surface area contributed by atoms with Crippen molar-refractivity contribution in [3.63, 3.8) is 0 Å². The molecule has 1 saturated heterocycles. The van der Waals surface area contributed by atoms with Crippen molar-refractivity contribution < 1.29 is 23.5 Å². The van der Waals surface area contributed by atoms with Crippen molar-refractivity contribution in [1.82, 2.24) is 14.9 Å². The lowest BCUT2D eigenvalue weighted by molar-refractivity contribution is -0.146. The highest BCUT2D eigenvalue weighted by atomic mass is 35.5. The highest BCUT2D eigenvalue weighted by Gasteiger charge is 2.34. The van der Waals surface area contributed by atoms with Crippen molar-refractivity contribution in [2.75, 3.05) is 30.4 Å². The molecular formula is C27H30ClN5O5. The van der Waals surface area contributed by atoms with E-state index >= 15 is 0 Å². The third-order valence-corrected chi connectivity index (χ3v) is 7.32. The first-order chi connectivity index (χ1) is 18.3. The molecule has 1 aliphatic heterocycles. The van der Waals surface area contributed by atoms with E-state index in [1.807, 2.05) is 24.8 Å². The maximum absolute atomic E-state index is 13.4. The zero-order valence-corrected chi connectivity index (χ0v) is 22.1. The molecule has 0 unspecified atom stereocenters. The average molecular weight is 540 g/mol. The largest absolute Gasteiger partial charge is 0.447 e. The Morgan fingerprint density at radius 1 is 1.11 bits per heavy atom. The Bertz CT molecular complexity index is 1350. The SMILES string of the molecule is CC(C)c1ccc2oc(C(=O)Nc3ccc(Cl)cn3)c(NC(=O)C3CCC(N4CCOCC4=O)CC3)c2n1. The highest BCUT2D eigenvalue weighted by Crippen LogP contribution is 2.34. The van der Waals surface area contributed by atoms with Gasteiger partial charge in [-0.3, -0.25) is 14.4 Å². The van der Waals surface area contributed by atoms with Crippen LogP contribution in [0, 0.1) is 5.92 Å². The van der Waals surface area contributed by atoms with E-state index in [1.165, 1.54) is 6.20 Å². The van der Waals surface area contributed by atoms with Crippen LogP contribution in [0.3, 0.4) is 0 Å². The summed E-state index contributed by atoms with van der Waals surface area (Å²) >= 11 is 5.90. The van der Waals surface area contributed by atoms with Crippen molar-refractivity contribution in [1.29, 1.82) is 0 Å². The first-order valence-corrected chi connectivity index (χ1v) is 13.2. The second-order valence-electron chi connectivity index (χ2n) is 9.99. The lowest BCUT2D eigenvalue weighted by Gasteiger charge is -2.38. The molecular weight excluding hydrogens is 510 g/mol. The molecule has 3 aromatic heterocycles. The molecule has 0 spiro atoms. The van der Waals surface area contributed by atoms with Gasteiger partial charge >= 0.3 is 0 Å². The molecule has 38 heavy (non-hydrogen) atoms. The summed E-state index contributed by atoms with van der Waals surface area (Å²) in [5, 5.41) is 6.09. The number of amides is 3. The molecule has 2 aliphatic rings. The van der Waals surface area contributed by atoms with Crippen LogP contribution >= 0.6 is 11.6 Å². The van der Waals surface area contributed by atoms with Crippen molar-refractivity contribution >= 4 is 51.9 Å². The van der Waals surface area contributed by atoms with Gasteiger partial charge in [-0.15, -0.1) is 0 Å². The van der Waals surface area contributed by atoms with E-state index in [1.54, 1.807) is 18.2 Å². The average Bonchev–Trinajstić information content (AvgIpc) is 3.28. The summed E-state index contributed by atoms with van der Waals surface area (Å²) in [5.41, 5.74) is 1.88. The number of anilines is 2. The molecule has 1 aliphatic carbocycles. The van der Waals surface area contributed by atoms with Gasteiger partial charge in [0.15, 0.2) is 5.58 Å². The number of halogens is 1. The Morgan fingerprint density at radius 2 is 1.89 bits per heavy atom. The summed E-state index contributed by atoms with van der Waals surface area (Å²) in [5.74, 6) is -0.619. The lowest BCUT2D eigenvalue weighted by atomic mass is 9.84. The summed E-state index contributed by atoms with van der Waals surface area (Å²) < 4.78 is 11.1. The maximum Gasteiger partial charge on any atom is 0.294 e. The second-order valence-corrected chi connectivity index (χ2v) is 10.4. The molecule has 2 fully saturated rings. The number of aromatic nitrogens is 2. The zero-order chi connectivity index (χ0) is 26.8. The summed E-state index contributed by atoms with van der Waals surface area (Å²) in [7, 11) is 0. The minimum Gasteiger partial charge on any atom is -0.447 e. The van der Waals surface area contributed by atoms with E-state index in [2.05, 4.69) is 15.6 Å². The maximum atomic E-state index is 13.4. The van der Waals surface area contributed by atoms with Gasteiger partial charge in [-0.2, -0.15) is 0 Å². The standard InChI is InChI=1S/C27H30ClN5O5/c1-15(2)19-8-9-20-23(30-19)24(25(38-20)27(36)31-21-10-5-17(28)13-29-21)32-26(35)16-3-6-18(7-4-16)33-11-12-37-14-22(33)34/h5,8-10,13,15-16,18H,3-4,6-7,11-12,14H2,1-2H3,(H,32,35)(H,29,31,36). The molecule has 5 rings (SSSR count). The van der Waals surface area contributed by atoms with Gasteiger partial charge < -0.3 is 24.7 Å². The van der Waals surface area contributed by atoms with Gasteiger partial charge in [0.2, 0.25) is 17.6 Å². The van der Waals surface area contributed by atoms with E-state index in [4.69, 9.17) is 25.7 Å². The number of carbonyl (C=O) groups is 3. The molecule has 11 heteroatoms. The van der Waals surface area contributed by atoms with Crippen LogP contribution < -0.4 is 10.6 Å². The molecule has 10 nitrogen and oxygen atoms in total. The number of hydrogen-bond donors (Lipinski definition) is 2. The number of hydrogen-bond acceptors (Lipinski definition) is 7. The topological polar surface area (TPSA) is 127 Å². The summed E-state index contributed by atoms with van der Waals surface area (Å²) in [6.45, 7) is 5.29. The van der Waals surface area contributed by atoms with Crippen LogP contribution in [-0.2, 0) is 14.3 Å². The Morgan fingerprint density at radius 3 is 2.58 bits per heavy atom. The van der Waals surface area contributed by atoms with Gasteiger partial charge in [0.1, 0.15) is 23.6 Å². The van der Waals surface area contributed by atoms with E-state index in [-0.39, 0.29) is 47.7 Å². The lowest BCUT2D eigenvalue weighted by Crippen LogP contribution is -2.49. The number of nitrogens with zero attached hydrogens (tertiary/aromatic N) is 3. The van der Waals surface area contributed by atoms with Crippen molar-refractivity contribution in [2.24, 2.45) is 5.92 Å². The van der Waals surface area contributed by atoms with Crippen LogP contribution in [0.15, 0.2) is 34.9 Å². The number of carbonyl (C=O) groups excluding carboxylic acids is 3. The van der Waals surface area contributed by atoms with Gasteiger partial charge in [0.05, 0.1) is 11.6 Å². The first kappa shape index (κ1) is 26.1. The van der Waals surface area contributed by atoms with Gasteiger partial charge in [0, 0.05) is 30.4 Å². The summed E-state index contributed by atoms with van der Waals surface area (Å²) in [6, 6.07) is 6.92. The van der Waals surface area contributed by atoms with Crippen molar-refractivity contribution in [3.05, 3.63) is 46.9 Å². The Labute approximate surface area is 225 Å². The number of nitrogens with one attached hydrogen (secondary N) is 2.